The van der Waals surface area contributed by atoms with Gasteiger partial charge in [-0.1, -0.05) is 0 Å². The Kier molecular flexibility index (Phi) is 4.82. The lowest BCUT2D eigenvalue weighted by molar-refractivity contribution is -0.135. The van der Waals surface area contributed by atoms with E-state index in [4.69, 9.17) is 5.26 Å². The smallest absolute Gasteiger partial charge is 0.350 e. The molecule has 1 rings (SSSR count). The molecule has 112 valence electrons. The van der Waals surface area contributed by atoms with Crippen molar-refractivity contribution in [1.82, 2.24) is 10.2 Å². The lowest BCUT2D eigenvalue weighted by Gasteiger charge is -2.48. The van der Waals surface area contributed by atoms with E-state index < -0.39 is 5.97 Å². The van der Waals surface area contributed by atoms with E-state index in [1.807, 2.05) is 18.0 Å². The Morgan fingerprint density at radius 2 is 1.85 bits per heavy atom. The maximum absolute atomic E-state index is 11.5. The van der Waals surface area contributed by atoms with Crippen molar-refractivity contribution in [2.24, 2.45) is 0 Å². The molecule has 1 aliphatic heterocycles. The molecule has 0 bridgehead atoms. The Morgan fingerprint density at radius 1 is 1.35 bits per heavy atom. The van der Waals surface area contributed by atoms with Crippen molar-refractivity contribution in [2.75, 3.05) is 14.2 Å². The predicted octanol–water partition coefficient (Wildman–Crippen LogP) is 1.81. The van der Waals surface area contributed by atoms with Gasteiger partial charge in [0.25, 0.3) is 0 Å². The molecule has 0 aromatic rings. The number of nitrogens with one attached hydrogen (secondary N) is 1. The topological polar surface area (TPSA) is 65.4 Å². The zero-order valence-electron chi connectivity index (χ0n) is 13.3. The number of esters is 1. The number of ether oxygens (including phenoxy) is 1. The Labute approximate surface area is 121 Å². The summed E-state index contributed by atoms with van der Waals surface area (Å²) in [5.74, 6) is -0.591. The first-order valence-corrected chi connectivity index (χ1v) is 6.82. The standard InChI is InChI=1S/C15H25N3O2/c1-14(2)7-12(8-15(3,4)17-14)18(5)10-11(9-16)13(19)20-6/h10,12,17H,7-8H2,1-6H3. The zero-order valence-corrected chi connectivity index (χ0v) is 13.3. The third-order valence-electron chi connectivity index (χ3n) is 3.60. The highest BCUT2D eigenvalue weighted by Gasteiger charge is 2.38. The molecule has 1 saturated heterocycles. The van der Waals surface area contributed by atoms with Crippen LogP contribution in [0.3, 0.4) is 0 Å². The van der Waals surface area contributed by atoms with Gasteiger partial charge in [-0.25, -0.2) is 4.79 Å². The van der Waals surface area contributed by atoms with Gasteiger partial charge in [0.2, 0.25) is 0 Å². The Balaban J connectivity index is 2.91. The van der Waals surface area contributed by atoms with Crippen LogP contribution in [0.25, 0.3) is 0 Å². The van der Waals surface area contributed by atoms with Crippen molar-refractivity contribution < 1.29 is 9.53 Å². The maximum atomic E-state index is 11.5. The third kappa shape index (κ3) is 4.24. The first kappa shape index (κ1) is 16.5. The number of methoxy groups -OCH3 is 1. The molecule has 20 heavy (non-hydrogen) atoms. The first-order valence-electron chi connectivity index (χ1n) is 6.82. The first-order chi connectivity index (χ1) is 9.10. The molecule has 1 fully saturated rings. The molecule has 0 spiro atoms. The summed E-state index contributed by atoms with van der Waals surface area (Å²) in [7, 11) is 3.19. The summed E-state index contributed by atoms with van der Waals surface area (Å²) in [5, 5.41) is 12.6. The average molecular weight is 279 g/mol. The van der Waals surface area contributed by atoms with Crippen LogP contribution in [-0.2, 0) is 9.53 Å². The van der Waals surface area contributed by atoms with Crippen LogP contribution in [0.5, 0.6) is 0 Å². The number of hydrogen-bond donors (Lipinski definition) is 1. The molecule has 0 saturated carbocycles. The minimum Gasteiger partial charge on any atom is -0.465 e. The maximum Gasteiger partial charge on any atom is 0.350 e. The van der Waals surface area contributed by atoms with Gasteiger partial charge in [-0.2, -0.15) is 5.26 Å². The van der Waals surface area contributed by atoms with Gasteiger partial charge >= 0.3 is 5.97 Å². The van der Waals surface area contributed by atoms with Crippen LogP contribution in [0.15, 0.2) is 11.8 Å². The average Bonchev–Trinajstić information content (AvgIpc) is 2.30. The molecule has 0 aromatic heterocycles. The van der Waals surface area contributed by atoms with E-state index in [0.717, 1.165) is 12.8 Å². The highest BCUT2D eigenvalue weighted by Crippen LogP contribution is 2.31. The number of nitrogens with zero attached hydrogens (tertiary/aromatic N) is 2. The van der Waals surface area contributed by atoms with E-state index in [1.54, 1.807) is 6.20 Å². The molecule has 0 unspecified atom stereocenters. The number of rotatable bonds is 3. The summed E-state index contributed by atoms with van der Waals surface area (Å²) in [6.45, 7) is 8.68. The van der Waals surface area contributed by atoms with Gasteiger partial charge in [-0.05, 0) is 40.5 Å². The quantitative estimate of drug-likeness (QED) is 0.485. The molecule has 1 aliphatic rings. The van der Waals surface area contributed by atoms with E-state index in [2.05, 4.69) is 37.7 Å². The second-order valence-corrected chi connectivity index (χ2v) is 6.77. The molecule has 1 N–H and O–H groups in total. The summed E-state index contributed by atoms with van der Waals surface area (Å²) in [6, 6.07) is 2.17. The van der Waals surface area contributed by atoms with Gasteiger partial charge in [0.15, 0.2) is 5.57 Å². The minimum absolute atomic E-state index is 0.0204. The fourth-order valence-electron chi connectivity index (χ4n) is 3.10. The highest BCUT2D eigenvalue weighted by atomic mass is 16.5. The Morgan fingerprint density at radius 3 is 2.25 bits per heavy atom. The van der Waals surface area contributed by atoms with Crippen LogP contribution in [0.4, 0.5) is 0 Å². The lowest BCUT2D eigenvalue weighted by Crippen LogP contribution is -2.61. The van der Waals surface area contributed by atoms with E-state index in [-0.39, 0.29) is 22.7 Å². The molecule has 5 heteroatoms. The molecule has 0 atom stereocenters. The fourth-order valence-corrected chi connectivity index (χ4v) is 3.10. The van der Waals surface area contributed by atoms with E-state index >= 15 is 0 Å². The summed E-state index contributed by atoms with van der Waals surface area (Å²) < 4.78 is 4.60. The molecule has 0 aromatic carbocycles. The highest BCUT2D eigenvalue weighted by molar-refractivity contribution is 5.92. The van der Waals surface area contributed by atoms with Gasteiger partial charge in [0, 0.05) is 30.4 Å². The minimum atomic E-state index is -0.591. The van der Waals surface area contributed by atoms with Crippen molar-refractivity contribution in [2.45, 2.75) is 57.7 Å². The summed E-state index contributed by atoms with van der Waals surface area (Å²) in [6.07, 6.45) is 3.49. The van der Waals surface area contributed by atoms with Crippen LogP contribution in [0, 0.1) is 11.3 Å². The molecule has 5 nitrogen and oxygen atoms in total. The second kappa shape index (κ2) is 5.84. The zero-order chi connectivity index (χ0) is 15.6. The van der Waals surface area contributed by atoms with Crippen LogP contribution >= 0.6 is 0 Å². The molecule has 0 aliphatic carbocycles. The van der Waals surface area contributed by atoms with E-state index in [1.165, 1.54) is 7.11 Å². The summed E-state index contributed by atoms with van der Waals surface area (Å²) >= 11 is 0. The molecular weight excluding hydrogens is 254 g/mol. The van der Waals surface area contributed by atoms with Gasteiger partial charge < -0.3 is 15.0 Å². The molecule has 1 heterocycles. The third-order valence-corrected chi connectivity index (χ3v) is 3.60. The van der Waals surface area contributed by atoms with Gasteiger partial charge in [-0.3, -0.25) is 0 Å². The number of piperidine rings is 1. The van der Waals surface area contributed by atoms with Crippen LogP contribution < -0.4 is 5.32 Å². The van der Waals surface area contributed by atoms with E-state index in [9.17, 15) is 4.79 Å². The van der Waals surface area contributed by atoms with Gasteiger partial charge in [0.1, 0.15) is 6.07 Å². The van der Waals surface area contributed by atoms with Crippen LogP contribution in [0.2, 0.25) is 0 Å². The largest absolute Gasteiger partial charge is 0.465 e. The summed E-state index contributed by atoms with van der Waals surface area (Å²) in [5.41, 5.74) is 0.0725. The SMILES string of the molecule is COC(=O)C(C#N)=CN(C)C1CC(C)(C)NC(C)(C)C1. The predicted molar refractivity (Wildman–Crippen MR) is 77.8 cm³/mol. The lowest BCUT2D eigenvalue weighted by atomic mass is 9.79. The van der Waals surface area contributed by atoms with Gasteiger partial charge in [-0.15, -0.1) is 0 Å². The molecule has 0 radical (unpaired) electrons. The fraction of sp³-hybridized carbons (Fsp3) is 0.733. The van der Waals surface area contributed by atoms with Crippen molar-refractivity contribution in [3.63, 3.8) is 0 Å². The molecule has 0 amide bonds. The van der Waals surface area contributed by atoms with Crippen molar-refractivity contribution >= 4 is 5.97 Å². The Hall–Kier alpha value is -1.54. The van der Waals surface area contributed by atoms with Crippen molar-refractivity contribution in [3.8, 4) is 6.07 Å². The number of carbonyl (C=O) groups excluding carboxylic acids is 1. The van der Waals surface area contributed by atoms with Crippen LogP contribution in [0.1, 0.15) is 40.5 Å². The number of carbonyl (C=O) groups is 1. The second-order valence-electron chi connectivity index (χ2n) is 6.77. The number of nitriles is 1. The number of hydrogen-bond acceptors (Lipinski definition) is 5. The monoisotopic (exact) mass is 279 g/mol. The van der Waals surface area contributed by atoms with Crippen molar-refractivity contribution in [1.29, 1.82) is 5.26 Å². The normalized spacial score (nSPS) is 21.9. The van der Waals surface area contributed by atoms with Crippen LogP contribution in [-0.4, -0.2) is 42.1 Å². The van der Waals surface area contributed by atoms with Gasteiger partial charge in [0.05, 0.1) is 7.11 Å². The van der Waals surface area contributed by atoms with E-state index in [0.29, 0.717) is 0 Å². The summed E-state index contributed by atoms with van der Waals surface area (Å²) in [4.78, 5) is 13.4. The molecular formula is C15H25N3O2. The van der Waals surface area contributed by atoms with Crippen molar-refractivity contribution in [3.05, 3.63) is 11.8 Å². The Bertz CT molecular complexity index is 431.